The number of carbonyl (C=O) groups excluding carboxylic acids is 1. The molecule has 6 heteroatoms. The minimum Gasteiger partial charge on any atom is -0.493 e. The van der Waals surface area contributed by atoms with Crippen molar-refractivity contribution in [2.45, 2.75) is 13.8 Å². The van der Waals surface area contributed by atoms with Crippen LogP contribution in [0.15, 0.2) is 40.9 Å². The Balaban J connectivity index is 2.17. The van der Waals surface area contributed by atoms with Crippen LogP contribution in [0.4, 0.5) is 10.1 Å². The summed E-state index contributed by atoms with van der Waals surface area (Å²) in [5, 5.41) is 2.54. The van der Waals surface area contributed by atoms with Crippen molar-refractivity contribution in [1.82, 2.24) is 0 Å². The number of rotatable bonds is 6. The summed E-state index contributed by atoms with van der Waals surface area (Å²) in [4.78, 5) is 12.3. The maximum Gasteiger partial charge on any atom is 0.255 e. The highest BCUT2D eigenvalue weighted by Gasteiger charge is 2.13. The lowest BCUT2D eigenvalue weighted by Crippen LogP contribution is -2.13. The number of amides is 1. The Morgan fingerprint density at radius 1 is 1.21 bits per heavy atom. The molecule has 0 aliphatic heterocycles. The molecule has 1 N–H and O–H groups in total. The summed E-state index contributed by atoms with van der Waals surface area (Å²) in [6, 6.07) is 9.30. The Labute approximate surface area is 149 Å². The predicted octanol–water partition coefficient (Wildman–Crippen LogP) is 4.88. The van der Waals surface area contributed by atoms with E-state index in [2.05, 4.69) is 21.2 Å². The van der Waals surface area contributed by atoms with E-state index in [0.717, 1.165) is 0 Å². The van der Waals surface area contributed by atoms with Crippen LogP contribution in [-0.4, -0.2) is 19.6 Å². The highest BCUT2D eigenvalue weighted by molar-refractivity contribution is 9.10. The molecule has 1 amide bonds. The van der Waals surface area contributed by atoms with Crippen LogP contribution in [0.3, 0.4) is 0 Å². The van der Waals surface area contributed by atoms with Crippen LogP contribution in [-0.2, 0) is 0 Å². The van der Waals surface area contributed by atoms with Crippen molar-refractivity contribution in [3.8, 4) is 11.5 Å². The Bertz CT molecular complexity index is 734. The number of carbonyl (C=O) groups is 1. The Morgan fingerprint density at radius 3 is 2.58 bits per heavy atom. The molecule has 0 atom stereocenters. The van der Waals surface area contributed by atoms with Crippen LogP contribution in [0.1, 0.15) is 24.2 Å². The van der Waals surface area contributed by atoms with Gasteiger partial charge in [0.15, 0.2) is 11.5 Å². The van der Waals surface area contributed by atoms with E-state index in [9.17, 15) is 9.18 Å². The van der Waals surface area contributed by atoms with Crippen molar-refractivity contribution in [3.05, 3.63) is 52.3 Å². The van der Waals surface area contributed by atoms with Gasteiger partial charge in [-0.25, -0.2) is 4.39 Å². The zero-order valence-electron chi connectivity index (χ0n) is 13.7. The second kappa shape index (κ2) is 8.15. The standard InChI is InChI=1S/C18H19BrFNO3/c1-11(2)10-24-16-7-4-12(8-17(16)23-3)18(22)21-15-6-5-13(19)9-14(15)20/h4-9,11H,10H2,1-3H3,(H,21,22). The van der Waals surface area contributed by atoms with E-state index in [1.807, 2.05) is 13.8 Å². The van der Waals surface area contributed by atoms with Gasteiger partial charge in [-0.1, -0.05) is 29.8 Å². The lowest BCUT2D eigenvalue weighted by molar-refractivity contribution is 0.102. The van der Waals surface area contributed by atoms with Crippen LogP contribution < -0.4 is 14.8 Å². The van der Waals surface area contributed by atoms with Gasteiger partial charge >= 0.3 is 0 Å². The molecule has 24 heavy (non-hydrogen) atoms. The first-order valence-corrected chi connectivity index (χ1v) is 8.27. The van der Waals surface area contributed by atoms with Crippen molar-refractivity contribution in [2.75, 3.05) is 19.0 Å². The molecule has 2 aromatic carbocycles. The summed E-state index contributed by atoms with van der Waals surface area (Å²) in [5.74, 6) is 0.460. The third-order valence-corrected chi connectivity index (χ3v) is 3.67. The van der Waals surface area contributed by atoms with E-state index < -0.39 is 11.7 Å². The zero-order valence-corrected chi connectivity index (χ0v) is 15.3. The zero-order chi connectivity index (χ0) is 17.7. The molecule has 0 saturated carbocycles. The van der Waals surface area contributed by atoms with E-state index in [4.69, 9.17) is 9.47 Å². The Hall–Kier alpha value is -2.08. The van der Waals surface area contributed by atoms with E-state index in [1.165, 1.54) is 19.2 Å². The SMILES string of the molecule is COc1cc(C(=O)Nc2ccc(Br)cc2F)ccc1OCC(C)C. The molecular weight excluding hydrogens is 377 g/mol. The van der Waals surface area contributed by atoms with Gasteiger partial charge in [-0.3, -0.25) is 4.79 Å². The van der Waals surface area contributed by atoms with Gasteiger partial charge in [0.05, 0.1) is 19.4 Å². The molecule has 4 nitrogen and oxygen atoms in total. The lowest BCUT2D eigenvalue weighted by Gasteiger charge is -2.13. The molecule has 0 saturated heterocycles. The summed E-state index contributed by atoms with van der Waals surface area (Å²) < 4.78 is 25.4. The second-order valence-electron chi connectivity index (χ2n) is 5.65. The molecular formula is C18H19BrFNO3. The molecule has 0 fully saturated rings. The van der Waals surface area contributed by atoms with Gasteiger partial charge in [0.25, 0.3) is 5.91 Å². The quantitative estimate of drug-likeness (QED) is 0.757. The third-order valence-electron chi connectivity index (χ3n) is 3.18. The first-order chi connectivity index (χ1) is 11.4. The van der Waals surface area contributed by atoms with Crippen molar-refractivity contribution >= 4 is 27.5 Å². The Kier molecular flexibility index (Phi) is 6.20. The maximum absolute atomic E-state index is 13.8. The van der Waals surface area contributed by atoms with E-state index in [-0.39, 0.29) is 5.69 Å². The monoisotopic (exact) mass is 395 g/mol. The fourth-order valence-corrected chi connectivity index (χ4v) is 2.30. The number of nitrogens with one attached hydrogen (secondary N) is 1. The average Bonchev–Trinajstić information content (AvgIpc) is 2.55. The molecule has 0 aliphatic rings. The van der Waals surface area contributed by atoms with Gasteiger partial charge < -0.3 is 14.8 Å². The largest absolute Gasteiger partial charge is 0.493 e. The molecule has 128 valence electrons. The van der Waals surface area contributed by atoms with Crippen molar-refractivity contribution in [1.29, 1.82) is 0 Å². The van der Waals surface area contributed by atoms with Gasteiger partial charge in [-0.15, -0.1) is 0 Å². The van der Waals surface area contributed by atoms with Gasteiger partial charge in [-0.2, -0.15) is 0 Å². The summed E-state index contributed by atoms with van der Waals surface area (Å²) in [6.07, 6.45) is 0. The number of hydrogen-bond donors (Lipinski definition) is 1. The number of methoxy groups -OCH3 is 1. The normalized spacial score (nSPS) is 10.6. The molecule has 0 radical (unpaired) electrons. The van der Waals surface area contributed by atoms with Gasteiger partial charge in [0, 0.05) is 10.0 Å². The molecule has 0 aromatic heterocycles. The first kappa shape index (κ1) is 18.3. The van der Waals surface area contributed by atoms with Crippen molar-refractivity contribution in [3.63, 3.8) is 0 Å². The van der Waals surface area contributed by atoms with E-state index in [0.29, 0.717) is 34.1 Å². The number of hydrogen-bond acceptors (Lipinski definition) is 3. The fourth-order valence-electron chi connectivity index (χ4n) is 1.97. The molecule has 0 bridgehead atoms. The highest BCUT2D eigenvalue weighted by Crippen LogP contribution is 2.29. The van der Waals surface area contributed by atoms with Crippen molar-refractivity contribution < 1.29 is 18.7 Å². The van der Waals surface area contributed by atoms with Crippen LogP contribution in [0.25, 0.3) is 0 Å². The second-order valence-corrected chi connectivity index (χ2v) is 6.56. The average molecular weight is 396 g/mol. The van der Waals surface area contributed by atoms with Gasteiger partial charge in [0.1, 0.15) is 5.82 Å². The third kappa shape index (κ3) is 4.71. The molecule has 0 spiro atoms. The molecule has 2 rings (SSSR count). The highest BCUT2D eigenvalue weighted by atomic mass is 79.9. The fraction of sp³-hybridized carbons (Fsp3) is 0.278. The molecule has 0 aliphatic carbocycles. The van der Waals surface area contributed by atoms with E-state index >= 15 is 0 Å². The number of ether oxygens (including phenoxy) is 2. The molecule has 0 unspecified atom stereocenters. The molecule has 0 heterocycles. The lowest BCUT2D eigenvalue weighted by atomic mass is 10.1. The summed E-state index contributed by atoms with van der Waals surface area (Å²) >= 11 is 3.18. The van der Waals surface area contributed by atoms with Crippen molar-refractivity contribution in [2.24, 2.45) is 5.92 Å². The predicted molar refractivity (Wildman–Crippen MR) is 95.4 cm³/mol. The smallest absolute Gasteiger partial charge is 0.255 e. The number of halogens is 2. The molecule has 2 aromatic rings. The topological polar surface area (TPSA) is 47.6 Å². The van der Waals surface area contributed by atoms with E-state index in [1.54, 1.807) is 24.3 Å². The summed E-state index contributed by atoms with van der Waals surface area (Å²) in [6.45, 7) is 4.63. The number of benzene rings is 2. The Morgan fingerprint density at radius 2 is 1.96 bits per heavy atom. The van der Waals surface area contributed by atoms with Gasteiger partial charge in [-0.05, 0) is 42.3 Å². The minimum atomic E-state index is -0.512. The first-order valence-electron chi connectivity index (χ1n) is 7.48. The summed E-state index contributed by atoms with van der Waals surface area (Å²) in [7, 11) is 1.51. The summed E-state index contributed by atoms with van der Waals surface area (Å²) in [5.41, 5.74) is 0.466. The van der Waals surface area contributed by atoms with Crippen LogP contribution in [0, 0.1) is 11.7 Å². The van der Waals surface area contributed by atoms with Crippen LogP contribution in [0.5, 0.6) is 11.5 Å². The van der Waals surface area contributed by atoms with Gasteiger partial charge in [0.2, 0.25) is 0 Å². The number of anilines is 1. The maximum atomic E-state index is 13.8. The van der Waals surface area contributed by atoms with Crippen LogP contribution >= 0.6 is 15.9 Å². The minimum absolute atomic E-state index is 0.113. The van der Waals surface area contributed by atoms with Crippen LogP contribution in [0.2, 0.25) is 0 Å².